The maximum Gasteiger partial charge on any atom is 0.320 e. The van der Waals surface area contributed by atoms with Crippen LogP contribution in [0.5, 0.6) is 0 Å². The van der Waals surface area contributed by atoms with Crippen LogP contribution in [0, 0.1) is 11.8 Å². The zero-order valence-electron chi connectivity index (χ0n) is 10.7. The zero-order chi connectivity index (χ0) is 14.3. The Labute approximate surface area is 104 Å². The second kappa shape index (κ2) is 7.41. The molecule has 0 saturated heterocycles. The van der Waals surface area contributed by atoms with Crippen molar-refractivity contribution in [1.82, 2.24) is 0 Å². The van der Waals surface area contributed by atoms with Crippen molar-refractivity contribution < 1.29 is 33.4 Å². The predicted octanol–water partition coefficient (Wildman–Crippen LogP) is -0.283. The summed E-state index contributed by atoms with van der Waals surface area (Å²) in [5.74, 6) is -5.84. The molecule has 0 aliphatic heterocycles. The summed E-state index contributed by atoms with van der Waals surface area (Å²) >= 11 is 0. The highest BCUT2D eigenvalue weighted by Crippen LogP contribution is 2.21. The van der Waals surface area contributed by atoms with Crippen LogP contribution in [0.1, 0.15) is 13.3 Å². The van der Waals surface area contributed by atoms with Crippen molar-refractivity contribution in [3.05, 3.63) is 0 Å². The van der Waals surface area contributed by atoms with Crippen molar-refractivity contribution in [2.75, 3.05) is 21.3 Å². The summed E-state index contributed by atoms with van der Waals surface area (Å²) in [6.45, 7) is 1.24. The van der Waals surface area contributed by atoms with Crippen LogP contribution in [0.25, 0.3) is 0 Å². The first-order valence-electron chi connectivity index (χ1n) is 5.11. The van der Waals surface area contributed by atoms with E-state index in [0.29, 0.717) is 0 Å². The Kier molecular flexibility index (Phi) is 6.62. The third-order valence-electron chi connectivity index (χ3n) is 2.32. The Morgan fingerprint density at radius 2 is 1.22 bits per heavy atom. The van der Waals surface area contributed by atoms with Gasteiger partial charge in [-0.15, -0.1) is 0 Å². The monoisotopic (exact) mass is 260 g/mol. The van der Waals surface area contributed by atoms with E-state index in [-0.39, 0.29) is 12.2 Å². The molecule has 0 fully saturated rings. The third kappa shape index (κ3) is 4.15. The molecule has 0 N–H and O–H groups in total. The molecule has 0 aromatic rings. The molecule has 0 heterocycles. The molecule has 102 valence electrons. The first-order chi connectivity index (χ1) is 8.38. The van der Waals surface area contributed by atoms with E-state index in [2.05, 4.69) is 14.2 Å². The molecule has 0 aromatic heterocycles. The highest BCUT2D eigenvalue weighted by atomic mass is 16.5. The molecule has 0 amide bonds. The largest absolute Gasteiger partial charge is 0.469 e. The first kappa shape index (κ1) is 16.1. The summed E-state index contributed by atoms with van der Waals surface area (Å²) in [5.41, 5.74) is 0. The van der Waals surface area contributed by atoms with Gasteiger partial charge in [0.25, 0.3) is 0 Å². The van der Waals surface area contributed by atoms with Gasteiger partial charge in [0.1, 0.15) is 5.78 Å². The standard InChI is InChI=1S/C11H16O7/c1-6(12)5-7(9(13)16-2)8(10(14)17-3)11(15)18-4/h7-8H,5H2,1-4H3. The van der Waals surface area contributed by atoms with Gasteiger partial charge in [-0.2, -0.15) is 0 Å². The molecule has 0 spiro atoms. The number of ketones is 1. The molecule has 0 aromatic carbocycles. The number of methoxy groups -OCH3 is 3. The van der Waals surface area contributed by atoms with Crippen molar-refractivity contribution in [1.29, 1.82) is 0 Å². The molecule has 7 heteroatoms. The van der Waals surface area contributed by atoms with Crippen molar-refractivity contribution in [3.63, 3.8) is 0 Å². The van der Waals surface area contributed by atoms with E-state index in [1.54, 1.807) is 0 Å². The fourth-order valence-corrected chi connectivity index (χ4v) is 1.48. The SMILES string of the molecule is COC(=O)C(CC(C)=O)C(C(=O)OC)C(=O)OC. The van der Waals surface area contributed by atoms with Crippen LogP contribution in [0.4, 0.5) is 0 Å². The number of carbonyl (C=O) groups is 4. The minimum Gasteiger partial charge on any atom is -0.469 e. The molecule has 0 bridgehead atoms. The number of hydrogen-bond acceptors (Lipinski definition) is 7. The van der Waals surface area contributed by atoms with Gasteiger partial charge < -0.3 is 19.0 Å². The van der Waals surface area contributed by atoms with Gasteiger partial charge in [0.2, 0.25) is 0 Å². The minimum absolute atomic E-state index is 0.304. The van der Waals surface area contributed by atoms with E-state index in [9.17, 15) is 19.2 Å². The molecule has 0 radical (unpaired) electrons. The Bertz CT molecular complexity index is 331. The quantitative estimate of drug-likeness (QED) is 0.368. The van der Waals surface area contributed by atoms with Gasteiger partial charge in [0, 0.05) is 6.42 Å². The van der Waals surface area contributed by atoms with Gasteiger partial charge in [-0.3, -0.25) is 14.4 Å². The summed E-state index contributed by atoms with van der Waals surface area (Å²) in [7, 11) is 3.24. The maximum atomic E-state index is 11.5. The fourth-order valence-electron chi connectivity index (χ4n) is 1.48. The second-order valence-corrected chi connectivity index (χ2v) is 3.56. The lowest BCUT2D eigenvalue weighted by Crippen LogP contribution is -2.39. The Balaban J connectivity index is 5.31. The van der Waals surface area contributed by atoms with E-state index in [1.807, 2.05) is 0 Å². The number of ether oxygens (including phenoxy) is 3. The number of Topliss-reactive ketones (excluding diaryl/α,β-unsaturated/α-hetero) is 1. The second-order valence-electron chi connectivity index (χ2n) is 3.56. The van der Waals surface area contributed by atoms with Gasteiger partial charge in [-0.05, 0) is 6.92 Å². The van der Waals surface area contributed by atoms with E-state index in [4.69, 9.17) is 0 Å². The van der Waals surface area contributed by atoms with E-state index >= 15 is 0 Å². The van der Waals surface area contributed by atoms with Crippen LogP contribution in [0.2, 0.25) is 0 Å². The molecule has 0 aliphatic rings. The number of rotatable bonds is 6. The molecular formula is C11H16O7. The highest BCUT2D eigenvalue weighted by Gasteiger charge is 2.42. The summed E-state index contributed by atoms with van der Waals surface area (Å²) in [6, 6.07) is 0. The molecule has 0 saturated carbocycles. The normalized spacial score (nSPS) is 11.6. The van der Waals surface area contributed by atoms with Crippen molar-refractivity contribution in [2.24, 2.45) is 11.8 Å². The lowest BCUT2D eigenvalue weighted by molar-refractivity contribution is -0.168. The van der Waals surface area contributed by atoms with Crippen LogP contribution in [0.15, 0.2) is 0 Å². The van der Waals surface area contributed by atoms with Gasteiger partial charge in [-0.25, -0.2) is 0 Å². The Morgan fingerprint density at radius 3 is 1.50 bits per heavy atom. The van der Waals surface area contributed by atoms with Crippen molar-refractivity contribution in [3.8, 4) is 0 Å². The smallest absolute Gasteiger partial charge is 0.320 e. The average molecular weight is 260 g/mol. The Morgan fingerprint density at radius 1 is 0.833 bits per heavy atom. The van der Waals surface area contributed by atoms with Crippen molar-refractivity contribution >= 4 is 23.7 Å². The molecule has 1 unspecified atom stereocenters. The summed E-state index contributed by atoms with van der Waals surface area (Å²) < 4.78 is 13.3. The molecular weight excluding hydrogens is 244 g/mol. The average Bonchev–Trinajstić information content (AvgIpc) is 2.35. The van der Waals surface area contributed by atoms with Crippen molar-refractivity contribution in [2.45, 2.75) is 13.3 Å². The van der Waals surface area contributed by atoms with Crippen LogP contribution in [-0.2, 0) is 33.4 Å². The van der Waals surface area contributed by atoms with E-state index in [1.165, 1.54) is 6.92 Å². The van der Waals surface area contributed by atoms with Crippen LogP contribution >= 0.6 is 0 Å². The number of hydrogen-bond donors (Lipinski definition) is 0. The predicted molar refractivity (Wildman–Crippen MR) is 58.3 cm³/mol. The lowest BCUT2D eigenvalue weighted by Gasteiger charge is -2.20. The van der Waals surface area contributed by atoms with Crippen LogP contribution in [0.3, 0.4) is 0 Å². The number of carbonyl (C=O) groups excluding carboxylic acids is 4. The van der Waals surface area contributed by atoms with Gasteiger partial charge in [-0.1, -0.05) is 0 Å². The third-order valence-corrected chi connectivity index (χ3v) is 2.32. The van der Waals surface area contributed by atoms with Crippen LogP contribution in [-0.4, -0.2) is 45.0 Å². The topological polar surface area (TPSA) is 96.0 Å². The molecule has 0 aliphatic carbocycles. The van der Waals surface area contributed by atoms with Gasteiger partial charge in [0.15, 0.2) is 5.92 Å². The fraction of sp³-hybridized carbons (Fsp3) is 0.636. The first-order valence-corrected chi connectivity index (χ1v) is 5.11. The molecule has 1 atom stereocenters. The lowest BCUT2D eigenvalue weighted by atomic mass is 9.88. The van der Waals surface area contributed by atoms with E-state index < -0.39 is 29.7 Å². The minimum atomic E-state index is -1.50. The van der Waals surface area contributed by atoms with Gasteiger partial charge >= 0.3 is 17.9 Å². The summed E-state index contributed by atoms with van der Waals surface area (Å²) in [4.78, 5) is 45.7. The number of esters is 3. The maximum absolute atomic E-state index is 11.5. The summed E-state index contributed by atoms with van der Waals surface area (Å²) in [6.07, 6.45) is -0.304. The van der Waals surface area contributed by atoms with E-state index in [0.717, 1.165) is 21.3 Å². The Hall–Kier alpha value is -1.92. The summed E-state index contributed by atoms with van der Waals surface area (Å²) in [5, 5.41) is 0. The molecule has 18 heavy (non-hydrogen) atoms. The molecule has 0 rings (SSSR count). The molecule has 7 nitrogen and oxygen atoms in total. The zero-order valence-corrected chi connectivity index (χ0v) is 10.7. The van der Waals surface area contributed by atoms with Crippen LogP contribution < -0.4 is 0 Å². The van der Waals surface area contributed by atoms with Gasteiger partial charge in [0.05, 0.1) is 27.2 Å². The highest BCUT2D eigenvalue weighted by molar-refractivity contribution is 6.00.